The first kappa shape index (κ1) is 18.2. The molecule has 2 aromatic rings. The highest BCUT2D eigenvalue weighted by molar-refractivity contribution is 8.23. The second kappa shape index (κ2) is 6.60. The highest BCUT2D eigenvalue weighted by Crippen LogP contribution is 2.52. The number of thioether (sulfide) groups is 2. The third-order valence-electron chi connectivity index (χ3n) is 5.65. The number of ether oxygens (including phenoxy) is 1. The molecular formula is C23H22FNOS2. The largest absolute Gasteiger partial charge is 0.454 e. The fourth-order valence-corrected chi connectivity index (χ4v) is 6.36. The molecule has 144 valence electrons. The second-order valence-electron chi connectivity index (χ2n) is 7.94. The first-order valence-electron chi connectivity index (χ1n) is 9.56. The molecule has 5 heteroatoms. The average Bonchev–Trinajstić information content (AvgIpc) is 2.68. The summed E-state index contributed by atoms with van der Waals surface area (Å²) in [5, 5.41) is 3.66. The van der Waals surface area contributed by atoms with Crippen LogP contribution in [0.4, 0.5) is 10.1 Å². The predicted molar refractivity (Wildman–Crippen MR) is 120 cm³/mol. The molecule has 0 aromatic heterocycles. The van der Waals surface area contributed by atoms with Gasteiger partial charge in [0.05, 0.1) is 9.78 Å². The number of nitrogens with one attached hydrogen (secondary N) is 1. The molecule has 0 bridgehead atoms. The van der Waals surface area contributed by atoms with Crippen molar-refractivity contribution in [2.24, 2.45) is 0 Å². The Morgan fingerprint density at radius 1 is 1.07 bits per heavy atom. The monoisotopic (exact) mass is 411 g/mol. The predicted octanol–water partition coefficient (Wildman–Crippen LogP) is 6.99. The molecular weight excluding hydrogens is 389 g/mol. The van der Waals surface area contributed by atoms with Crippen LogP contribution >= 0.6 is 23.5 Å². The van der Waals surface area contributed by atoms with E-state index in [4.69, 9.17) is 4.74 Å². The number of benzene rings is 2. The van der Waals surface area contributed by atoms with Gasteiger partial charge in [-0.05, 0) is 74.1 Å². The summed E-state index contributed by atoms with van der Waals surface area (Å²) >= 11 is 3.73. The number of rotatable bonds is 0. The van der Waals surface area contributed by atoms with E-state index >= 15 is 0 Å². The van der Waals surface area contributed by atoms with Gasteiger partial charge in [0.2, 0.25) is 0 Å². The first-order valence-corrected chi connectivity index (χ1v) is 11.5. The molecule has 3 heterocycles. The van der Waals surface area contributed by atoms with Crippen molar-refractivity contribution < 1.29 is 9.13 Å². The fourth-order valence-electron chi connectivity index (χ4n) is 3.85. The van der Waals surface area contributed by atoms with Crippen LogP contribution in [0.25, 0.3) is 23.0 Å². The summed E-state index contributed by atoms with van der Waals surface area (Å²) in [6.07, 6.45) is 3.47. The average molecular weight is 412 g/mol. The topological polar surface area (TPSA) is 21.3 Å². The summed E-state index contributed by atoms with van der Waals surface area (Å²) < 4.78 is 21.7. The maximum absolute atomic E-state index is 14.0. The number of hydrogen-bond acceptors (Lipinski definition) is 4. The SMILES string of the molecule is CC1=Cc2c(ccc3c2C(=C2SCCCS2)Oc2ccc(F)cc2-3)NC1(C)C. The zero-order valence-electron chi connectivity index (χ0n) is 16.2. The van der Waals surface area contributed by atoms with E-state index in [0.29, 0.717) is 0 Å². The van der Waals surface area contributed by atoms with Crippen molar-refractivity contribution in [3.8, 4) is 16.9 Å². The number of anilines is 1. The van der Waals surface area contributed by atoms with Gasteiger partial charge in [-0.3, -0.25) is 0 Å². The minimum atomic E-state index is -0.241. The van der Waals surface area contributed by atoms with Crippen LogP contribution in [0.5, 0.6) is 5.75 Å². The number of fused-ring (bicyclic) bond motifs is 5. The zero-order valence-corrected chi connectivity index (χ0v) is 17.8. The summed E-state index contributed by atoms with van der Waals surface area (Å²) in [4.78, 5) is 0. The van der Waals surface area contributed by atoms with Crippen LogP contribution in [0.2, 0.25) is 0 Å². The maximum Gasteiger partial charge on any atom is 0.155 e. The molecule has 1 saturated heterocycles. The smallest absolute Gasteiger partial charge is 0.155 e. The van der Waals surface area contributed by atoms with Gasteiger partial charge in [-0.2, -0.15) is 0 Å². The van der Waals surface area contributed by atoms with Gasteiger partial charge in [-0.1, -0.05) is 12.1 Å². The summed E-state index contributed by atoms with van der Waals surface area (Å²) in [6.45, 7) is 6.53. The third-order valence-corrected chi connectivity index (χ3v) is 8.24. The van der Waals surface area contributed by atoms with E-state index in [1.807, 2.05) is 23.5 Å². The van der Waals surface area contributed by atoms with E-state index in [0.717, 1.165) is 51.0 Å². The lowest BCUT2D eigenvalue weighted by Gasteiger charge is -2.36. The molecule has 0 spiro atoms. The molecule has 3 aliphatic rings. The van der Waals surface area contributed by atoms with Gasteiger partial charge < -0.3 is 10.1 Å². The second-order valence-corrected chi connectivity index (χ2v) is 10.4. The maximum atomic E-state index is 14.0. The zero-order chi connectivity index (χ0) is 19.5. The van der Waals surface area contributed by atoms with Gasteiger partial charge in [0.1, 0.15) is 11.6 Å². The quantitative estimate of drug-likeness (QED) is 0.504. The summed E-state index contributed by atoms with van der Waals surface area (Å²) in [6, 6.07) is 9.02. The lowest BCUT2D eigenvalue weighted by Crippen LogP contribution is -2.35. The molecule has 2 aromatic carbocycles. The lowest BCUT2D eigenvalue weighted by atomic mass is 9.83. The molecule has 0 saturated carbocycles. The van der Waals surface area contributed by atoms with Crippen molar-refractivity contribution in [3.05, 3.63) is 57.1 Å². The van der Waals surface area contributed by atoms with Crippen LogP contribution in [0, 0.1) is 5.82 Å². The van der Waals surface area contributed by atoms with Crippen LogP contribution in [0.1, 0.15) is 38.3 Å². The Bertz CT molecular complexity index is 1050. The van der Waals surface area contributed by atoms with E-state index in [1.165, 1.54) is 22.3 Å². The van der Waals surface area contributed by atoms with Gasteiger partial charge in [0, 0.05) is 22.4 Å². The number of hydrogen-bond donors (Lipinski definition) is 1. The van der Waals surface area contributed by atoms with Crippen molar-refractivity contribution in [3.63, 3.8) is 0 Å². The van der Waals surface area contributed by atoms with Crippen LogP contribution in [-0.2, 0) is 0 Å². The molecule has 0 unspecified atom stereocenters. The Kier molecular flexibility index (Phi) is 4.29. The van der Waals surface area contributed by atoms with Gasteiger partial charge in [0.25, 0.3) is 0 Å². The summed E-state index contributed by atoms with van der Waals surface area (Å²) in [7, 11) is 0. The highest BCUT2D eigenvalue weighted by Gasteiger charge is 2.33. The molecule has 1 fully saturated rings. The Balaban J connectivity index is 1.81. The fraction of sp³-hybridized carbons (Fsp3) is 0.304. The van der Waals surface area contributed by atoms with Crippen molar-refractivity contribution >= 4 is 41.0 Å². The van der Waals surface area contributed by atoms with E-state index < -0.39 is 0 Å². The van der Waals surface area contributed by atoms with Gasteiger partial charge in [0.15, 0.2) is 5.76 Å². The lowest BCUT2D eigenvalue weighted by molar-refractivity contribution is 0.509. The minimum Gasteiger partial charge on any atom is -0.454 e. The van der Waals surface area contributed by atoms with Crippen LogP contribution < -0.4 is 10.1 Å². The van der Waals surface area contributed by atoms with Gasteiger partial charge in [-0.15, -0.1) is 23.5 Å². The molecule has 0 amide bonds. The Hall–Kier alpha value is -1.85. The van der Waals surface area contributed by atoms with Crippen molar-refractivity contribution in [2.45, 2.75) is 32.7 Å². The number of halogens is 1. The van der Waals surface area contributed by atoms with Crippen LogP contribution in [0.3, 0.4) is 0 Å². The summed E-state index contributed by atoms with van der Waals surface area (Å²) in [5.74, 6) is 3.63. The highest BCUT2D eigenvalue weighted by atomic mass is 32.2. The molecule has 0 atom stereocenters. The van der Waals surface area contributed by atoms with Crippen molar-refractivity contribution in [2.75, 3.05) is 16.8 Å². The molecule has 0 radical (unpaired) electrons. The van der Waals surface area contributed by atoms with Crippen molar-refractivity contribution in [1.29, 1.82) is 0 Å². The molecule has 28 heavy (non-hydrogen) atoms. The first-order chi connectivity index (χ1) is 13.4. The van der Waals surface area contributed by atoms with E-state index in [9.17, 15) is 4.39 Å². The molecule has 2 nitrogen and oxygen atoms in total. The normalized spacial score (nSPS) is 19.6. The molecule has 0 aliphatic carbocycles. The van der Waals surface area contributed by atoms with Crippen LogP contribution in [-0.4, -0.2) is 17.0 Å². The standard InChI is InChI=1S/C23H22FNOS2/c1-13-11-17-18(25-23(13,2)3)7-6-15-16-12-14(24)5-8-19(16)26-21(20(15)17)22-27-9-4-10-28-22/h5-8,11-12,25H,4,9-10H2,1-3H3. The Morgan fingerprint density at radius 2 is 1.86 bits per heavy atom. The molecule has 5 rings (SSSR count). The van der Waals surface area contributed by atoms with E-state index in [2.05, 4.69) is 44.3 Å². The van der Waals surface area contributed by atoms with Crippen molar-refractivity contribution in [1.82, 2.24) is 0 Å². The van der Waals surface area contributed by atoms with Gasteiger partial charge in [-0.25, -0.2) is 4.39 Å². The molecule has 1 N–H and O–H groups in total. The Labute approximate surface area is 173 Å². The van der Waals surface area contributed by atoms with E-state index in [-0.39, 0.29) is 11.4 Å². The van der Waals surface area contributed by atoms with E-state index in [1.54, 1.807) is 12.1 Å². The van der Waals surface area contributed by atoms with Gasteiger partial charge >= 0.3 is 0 Å². The summed E-state index contributed by atoms with van der Waals surface area (Å²) in [5.41, 5.74) is 6.35. The van der Waals surface area contributed by atoms with Crippen LogP contribution in [0.15, 0.2) is 40.1 Å². The third kappa shape index (κ3) is 2.87. The minimum absolute atomic E-state index is 0.0948. The molecule has 3 aliphatic heterocycles. The Morgan fingerprint density at radius 3 is 2.64 bits per heavy atom.